The van der Waals surface area contributed by atoms with Crippen LogP contribution in [0.5, 0.6) is 0 Å². The first kappa shape index (κ1) is 15.2. The second-order valence-electron chi connectivity index (χ2n) is 4.46. The maximum atomic E-state index is 13.6. The van der Waals surface area contributed by atoms with Gasteiger partial charge in [-0.15, -0.1) is 0 Å². The molecule has 1 aliphatic rings. The lowest BCUT2D eigenvalue weighted by Crippen LogP contribution is -2.28. The molecule has 110 valence electrons. The Morgan fingerprint density at radius 1 is 1.35 bits per heavy atom. The van der Waals surface area contributed by atoms with Crippen molar-refractivity contribution < 1.29 is 22.3 Å². The van der Waals surface area contributed by atoms with Crippen molar-refractivity contribution in [3.63, 3.8) is 0 Å². The molecule has 2 rings (SSSR count). The van der Waals surface area contributed by atoms with E-state index in [1.165, 1.54) is 6.07 Å². The van der Waals surface area contributed by atoms with Crippen LogP contribution in [0.2, 0.25) is 0 Å². The number of amides is 1. The van der Waals surface area contributed by atoms with Crippen LogP contribution < -0.4 is 5.32 Å². The van der Waals surface area contributed by atoms with Gasteiger partial charge in [0.25, 0.3) is 9.05 Å². The minimum absolute atomic E-state index is 0.178. The second kappa shape index (κ2) is 6.07. The third-order valence-corrected chi connectivity index (χ3v) is 4.41. The van der Waals surface area contributed by atoms with Gasteiger partial charge >= 0.3 is 0 Å². The third kappa shape index (κ3) is 3.68. The largest absolute Gasteiger partial charge is 0.381 e. The highest BCUT2D eigenvalue weighted by Crippen LogP contribution is 2.23. The molecule has 0 saturated carbocycles. The Bertz CT molecular complexity index is 614. The van der Waals surface area contributed by atoms with E-state index in [0.29, 0.717) is 26.1 Å². The summed E-state index contributed by atoms with van der Waals surface area (Å²) in [5, 5.41) is 2.56. The highest BCUT2D eigenvalue weighted by molar-refractivity contribution is 8.13. The van der Waals surface area contributed by atoms with Gasteiger partial charge < -0.3 is 10.1 Å². The molecule has 0 atom stereocenters. The molecule has 1 heterocycles. The summed E-state index contributed by atoms with van der Waals surface area (Å²) in [5.41, 5.74) is 0.197. The van der Waals surface area contributed by atoms with Gasteiger partial charge in [0.15, 0.2) is 0 Å². The summed E-state index contributed by atoms with van der Waals surface area (Å²) in [4.78, 5) is 11.3. The maximum absolute atomic E-state index is 13.6. The van der Waals surface area contributed by atoms with Crippen LogP contribution in [0.15, 0.2) is 23.1 Å². The summed E-state index contributed by atoms with van der Waals surface area (Å²) in [6, 6.07) is 3.26. The van der Waals surface area contributed by atoms with Gasteiger partial charge in [0.05, 0.1) is 0 Å². The van der Waals surface area contributed by atoms with Crippen molar-refractivity contribution in [3.05, 3.63) is 24.0 Å². The highest BCUT2D eigenvalue weighted by Gasteiger charge is 2.22. The number of rotatable bonds is 3. The van der Waals surface area contributed by atoms with Crippen molar-refractivity contribution in [3.8, 4) is 0 Å². The molecule has 1 fully saturated rings. The van der Waals surface area contributed by atoms with E-state index < -0.39 is 19.8 Å². The van der Waals surface area contributed by atoms with Gasteiger partial charge in [-0.05, 0) is 31.0 Å². The van der Waals surface area contributed by atoms with Gasteiger partial charge in [-0.1, -0.05) is 0 Å². The van der Waals surface area contributed by atoms with E-state index in [0.717, 1.165) is 12.1 Å². The quantitative estimate of drug-likeness (QED) is 0.866. The molecule has 1 aromatic rings. The molecule has 0 aliphatic carbocycles. The van der Waals surface area contributed by atoms with Crippen LogP contribution in [-0.4, -0.2) is 27.5 Å². The number of anilines is 1. The molecule has 0 bridgehead atoms. The Labute approximate surface area is 120 Å². The topological polar surface area (TPSA) is 72.5 Å². The molecular formula is C12H13ClFNO4S. The summed E-state index contributed by atoms with van der Waals surface area (Å²) < 4.78 is 40.9. The van der Waals surface area contributed by atoms with Crippen molar-refractivity contribution in [2.24, 2.45) is 5.92 Å². The van der Waals surface area contributed by atoms with Crippen LogP contribution in [0, 0.1) is 11.7 Å². The van der Waals surface area contributed by atoms with Gasteiger partial charge in [0, 0.05) is 35.5 Å². The van der Waals surface area contributed by atoms with E-state index in [1.807, 2.05) is 0 Å². The van der Waals surface area contributed by atoms with Gasteiger partial charge in [-0.2, -0.15) is 0 Å². The SMILES string of the molecule is O=C(Nc1ccc(S(=O)(=O)Cl)c(F)c1)C1CCOCC1. The number of halogens is 2. The van der Waals surface area contributed by atoms with E-state index >= 15 is 0 Å². The summed E-state index contributed by atoms with van der Waals surface area (Å²) in [5.74, 6) is -1.40. The number of ether oxygens (including phenoxy) is 1. The van der Waals surface area contributed by atoms with Crippen molar-refractivity contribution in [2.75, 3.05) is 18.5 Å². The van der Waals surface area contributed by atoms with Crippen molar-refractivity contribution in [1.82, 2.24) is 0 Å². The van der Waals surface area contributed by atoms with Crippen LogP contribution in [-0.2, 0) is 18.6 Å². The van der Waals surface area contributed by atoms with E-state index in [-0.39, 0.29) is 17.5 Å². The third-order valence-electron chi connectivity index (χ3n) is 3.05. The Morgan fingerprint density at radius 2 is 2.00 bits per heavy atom. The lowest BCUT2D eigenvalue weighted by Gasteiger charge is -2.21. The number of hydrogen-bond donors (Lipinski definition) is 1. The molecule has 1 N–H and O–H groups in total. The van der Waals surface area contributed by atoms with Gasteiger partial charge in [-0.25, -0.2) is 12.8 Å². The fraction of sp³-hybridized carbons (Fsp3) is 0.417. The zero-order chi connectivity index (χ0) is 14.8. The molecule has 0 unspecified atom stereocenters. The molecule has 5 nitrogen and oxygen atoms in total. The van der Waals surface area contributed by atoms with E-state index in [2.05, 4.69) is 5.32 Å². The Hall–Kier alpha value is -1.18. The van der Waals surface area contributed by atoms with Gasteiger partial charge in [-0.3, -0.25) is 4.79 Å². The molecule has 20 heavy (non-hydrogen) atoms. The number of benzene rings is 1. The zero-order valence-corrected chi connectivity index (χ0v) is 12.0. The molecule has 8 heteroatoms. The molecule has 1 amide bonds. The lowest BCUT2D eigenvalue weighted by atomic mass is 9.99. The number of carbonyl (C=O) groups is 1. The van der Waals surface area contributed by atoms with E-state index in [1.54, 1.807) is 0 Å². The lowest BCUT2D eigenvalue weighted by molar-refractivity contribution is -0.122. The molecule has 0 aromatic heterocycles. The van der Waals surface area contributed by atoms with Crippen LogP contribution in [0.25, 0.3) is 0 Å². The molecule has 0 spiro atoms. The molecule has 1 saturated heterocycles. The Morgan fingerprint density at radius 3 is 2.55 bits per heavy atom. The maximum Gasteiger partial charge on any atom is 0.264 e. The minimum Gasteiger partial charge on any atom is -0.381 e. The van der Waals surface area contributed by atoms with Crippen LogP contribution >= 0.6 is 10.7 Å². The standard InChI is InChI=1S/C12H13ClFNO4S/c13-20(17,18)11-2-1-9(7-10(11)14)15-12(16)8-3-5-19-6-4-8/h1-2,7-8H,3-6H2,(H,15,16). The van der Waals surface area contributed by atoms with Crippen molar-refractivity contribution >= 4 is 31.3 Å². The normalized spacial score (nSPS) is 16.9. The average molecular weight is 322 g/mol. The van der Waals surface area contributed by atoms with E-state index in [4.69, 9.17) is 15.4 Å². The zero-order valence-electron chi connectivity index (χ0n) is 10.4. The van der Waals surface area contributed by atoms with Gasteiger partial charge in [0.1, 0.15) is 10.7 Å². The summed E-state index contributed by atoms with van der Waals surface area (Å²) in [6.07, 6.45) is 1.23. The fourth-order valence-electron chi connectivity index (χ4n) is 1.98. The smallest absolute Gasteiger partial charge is 0.264 e. The molecule has 1 aromatic carbocycles. The Kier molecular flexibility index (Phi) is 4.62. The predicted molar refractivity (Wildman–Crippen MR) is 71.6 cm³/mol. The first-order valence-electron chi connectivity index (χ1n) is 6.01. The summed E-state index contributed by atoms with van der Waals surface area (Å²) >= 11 is 0. The highest BCUT2D eigenvalue weighted by atomic mass is 35.7. The molecular weight excluding hydrogens is 309 g/mol. The summed E-state index contributed by atoms with van der Waals surface area (Å²) in [7, 11) is 0.943. The second-order valence-corrected chi connectivity index (χ2v) is 6.99. The number of carbonyl (C=O) groups excluding carboxylic acids is 1. The summed E-state index contributed by atoms with van der Waals surface area (Å²) in [6.45, 7) is 1.05. The molecule has 1 aliphatic heterocycles. The predicted octanol–water partition coefficient (Wildman–Crippen LogP) is 2.12. The fourth-order valence-corrected chi connectivity index (χ4v) is 2.88. The monoisotopic (exact) mass is 321 g/mol. The first-order valence-corrected chi connectivity index (χ1v) is 8.31. The number of nitrogens with one attached hydrogen (secondary N) is 1. The molecule has 0 radical (unpaired) electrons. The van der Waals surface area contributed by atoms with Crippen molar-refractivity contribution in [2.45, 2.75) is 17.7 Å². The Balaban J connectivity index is 2.10. The van der Waals surface area contributed by atoms with Crippen LogP contribution in [0.1, 0.15) is 12.8 Å². The average Bonchev–Trinajstić information content (AvgIpc) is 2.38. The minimum atomic E-state index is -4.13. The van der Waals surface area contributed by atoms with Crippen molar-refractivity contribution in [1.29, 1.82) is 0 Å². The first-order chi connectivity index (χ1) is 9.38. The number of hydrogen-bond acceptors (Lipinski definition) is 4. The van der Waals surface area contributed by atoms with Gasteiger partial charge in [0.2, 0.25) is 5.91 Å². The van der Waals surface area contributed by atoms with Crippen LogP contribution in [0.3, 0.4) is 0 Å². The van der Waals surface area contributed by atoms with Crippen LogP contribution in [0.4, 0.5) is 10.1 Å². The van der Waals surface area contributed by atoms with E-state index in [9.17, 15) is 17.6 Å².